The summed E-state index contributed by atoms with van der Waals surface area (Å²) in [4.78, 5) is 30.0. The fraction of sp³-hybridized carbons (Fsp3) is 0.240. The van der Waals surface area contributed by atoms with Crippen LogP contribution < -0.4 is 5.32 Å². The van der Waals surface area contributed by atoms with Crippen LogP contribution in [0, 0.1) is 11.7 Å². The monoisotopic (exact) mass is 515 g/mol. The van der Waals surface area contributed by atoms with E-state index < -0.39 is 35.2 Å². The van der Waals surface area contributed by atoms with Gasteiger partial charge in [-0.1, -0.05) is 48.9 Å². The van der Waals surface area contributed by atoms with Crippen LogP contribution >= 0.6 is 22.9 Å². The minimum absolute atomic E-state index is 0.0618. The second kappa shape index (κ2) is 9.67. The summed E-state index contributed by atoms with van der Waals surface area (Å²) >= 11 is 7.15. The summed E-state index contributed by atoms with van der Waals surface area (Å²) in [6.45, 7) is 5.12. The van der Waals surface area contributed by atoms with Crippen molar-refractivity contribution in [2.24, 2.45) is 5.92 Å². The molecule has 0 radical (unpaired) electrons. The largest absolute Gasteiger partial charge is 0.503 e. The number of ketones is 1. The molecule has 2 aromatic carbocycles. The molecule has 4 rings (SSSR count). The van der Waals surface area contributed by atoms with Crippen LogP contribution in [-0.2, 0) is 4.79 Å². The number of nitrogens with one attached hydrogen (secondary N) is 1. The molecule has 2 heterocycles. The average Bonchev–Trinajstić information content (AvgIpc) is 3.30. The van der Waals surface area contributed by atoms with E-state index in [1.54, 1.807) is 24.3 Å². The van der Waals surface area contributed by atoms with Crippen LogP contribution in [0.2, 0.25) is 5.02 Å². The first-order chi connectivity index (χ1) is 16.6. The van der Waals surface area contributed by atoms with E-state index in [9.17, 15) is 24.2 Å². The number of carbonyl (C=O) groups excluding carboxylic acids is 2. The van der Waals surface area contributed by atoms with Crippen molar-refractivity contribution >= 4 is 44.8 Å². The molecule has 0 fully saturated rings. The third-order valence-electron chi connectivity index (χ3n) is 5.42. The average molecular weight is 516 g/mol. The SMILES string of the molecule is CC(=O)NC(CC(C)C)C(=O)c1c(O)c(O)n(-c2nc3ccc(F)cc3s2)c1-c1ccc(Cl)cc1. The Morgan fingerprint density at radius 1 is 1.17 bits per heavy atom. The Kier molecular flexibility index (Phi) is 6.82. The maximum atomic E-state index is 13.8. The molecule has 1 unspecified atom stereocenters. The fourth-order valence-corrected chi connectivity index (χ4v) is 5.08. The van der Waals surface area contributed by atoms with Crippen molar-refractivity contribution in [3.8, 4) is 28.0 Å². The van der Waals surface area contributed by atoms with E-state index in [4.69, 9.17) is 11.6 Å². The summed E-state index contributed by atoms with van der Waals surface area (Å²) in [5, 5.41) is 25.3. The lowest BCUT2D eigenvalue weighted by atomic mass is 9.94. The molecule has 0 saturated carbocycles. The summed E-state index contributed by atoms with van der Waals surface area (Å²) in [7, 11) is 0. The lowest BCUT2D eigenvalue weighted by Crippen LogP contribution is -2.40. The Labute approximate surface area is 209 Å². The third kappa shape index (κ3) is 4.87. The Bertz CT molecular complexity index is 1430. The molecule has 1 amide bonds. The Morgan fingerprint density at radius 3 is 2.49 bits per heavy atom. The first-order valence-corrected chi connectivity index (χ1v) is 12.1. The fourth-order valence-electron chi connectivity index (χ4n) is 3.95. The van der Waals surface area contributed by atoms with E-state index in [1.165, 1.54) is 29.7 Å². The van der Waals surface area contributed by atoms with Gasteiger partial charge in [0.2, 0.25) is 11.8 Å². The molecule has 7 nitrogen and oxygen atoms in total. The number of rotatable bonds is 7. The number of fused-ring (bicyclic) bond motifs is 1. The molecule has 1 atom stereocenters. The van der Waals surface area contributed by atoms with E-state index in [1.807, 2.05) is 13.8 Å². The van der Waals surface area contributed by atoms with Crippen LogP contribution in [0.15, 0.2) is 42.5 Å². The predicted molar refractivity (Wildman–Crippen MR) is 134 cm³/mol. The number of halogens is 2. The molecule has 0 bridgehead atoms. The van der Waals surface area contributed by atoms with Crippen molar-refractivity contribution in [3.63, 3.8) is 0 Å². The number of aromatic nitrogens is 2. The number of aromatic hydroxyl groups is 2. The van der Waals surface area contributed by atoms with Gasteiger partial charge in [0, 0.05) is 11.9 Å². The molecule has 35 heavy (non-hydrogen) atoms. The number of hydrogen-bond donors (Lipinski definition) is 3. The summed E-state index contributed by atoms with van der Waals surface area (Å²) in [5.41, 5.74) is 0.990. The highest BCUT2D eigenvalue weighted by Gasteiger charge is 2.34. The van der Waals surface area contributed by atoms with Gasteiger partial charge in [0.25, 0.3) is 0 Å². The zero-order chi connectivity index (χ0) is 25.4. The lowest BCUT2D eigenvalue weighted by molar-refractivity contribution is -0.119. The van der Waals surface area contributed by atoms with Crippen molar-refractivity contribution in [2.45, 2.75) is 33.2 Å². The van der Waals surface area contributed by atoms with E-state index in [0.717, 1.165) is 11.3 Å². The summed E-state index contributed by atoms with van der Waals surface area (Å²) in [5.74, 6) is -2.56. The smallest absolute Gasteiger partial charge is 0.242 e. The predicted octanol–water partition coefficient (Wildman–Crippen LogP) is 5.69. The molecule has 0 saturated heterocycles. The zero-order valence-electron chi connectivity index (χ0n) is 19.2. The molecular formula is C25H23ClFN3O4S. The van der Waals surface area contributed by atoms with Gasteiger partial charge < -0.3 is 15.5 Å². The van der Waals surface area contributed by atoms with Crippen molar-refractivity contribution < 1.29 is 24.2 Å². The van der Waals surface area contributed by atoms with E-state index in [0.29, 0.717) is 27.2 Å². The molecule has 182 valence electrons. The molecule has 10 heteroatoms. The second-order valence-electron chi connectivity index (χ2n) is 8.59. The molecule has 2 aromatic heterocycles. The molecule has 4 aromatic rings. The number of amides is 1. The van der Waals surface area contributed by atoms with Gasteiger partial charge in [-0.05, 0) is 48.2 Å². The summed E-state index contributed by atoms with van der Waals surface area (Å²) < 4.78 is 15.6. The van der Waals surface area contributed by atoms with Crippen LogP contribution in [0.25, 0.3) is 26.6 Å². The number of carbonyl (C=O) groups is 2. The number of hydrogen-bond acceptors (Lipinski definition) is 6. The minimum Gasteiger partial charge on any atom is -0.503 e. The minimum atomic E-state index is -0.927. The molecule has 3 N–H and O–H groups in total. The van der Waals surface area contributed by atoms with Gasteiger partial charge in [0.15, 0.2) is 16.7 Å². The van der Waals surface area contributed by atoms with Crippen LogP contribution in [0.1, 0.15) is 37.6 Å². The maximum absolute atomic E-state index is 13.8. The maximum Gasteiger partial charge on any atom is 0.242 e. The molecular weight excluding hydrogens is 493 g/mol. The quantitative estimate of drug-likeness (QED) is 0.274. The van der Waals surface area contributed by atoms with Crippen molar-refractivity contribution in [3.05, 3.63) is 58.9 Å². The first-order valence-electron chi connectivity index (χ1n) is 10.9. The van der Waals surface area contributed by atoms with Crippen LogP contribution in [0.3, 0.4) is 0 Å². The van der Waals surface area contributed by atoms with Gasteiger partial charge >= 0.3 is 0 Å². The van der Waals surface area contributed by atoms with Gasteiger partial charge in [0.1, 0.15) is 5.82 Å². The van der Waals surface area contributed by atoms with Crippen LogP contribution in [-0.4, -0.2) is 37.5 Å². The number of benzene rings is 2. The van der Waals surface area contributed by atoms with Gasteiger partial charge in [0.05, 0.1) is 27.5 Å². The van der Waals surface area contributed by atoms with E-state index >= 15 is 0 Å². The topological polar surface area (TPSA) is 104 Å². The molecule has 0 aliphatic rings. The van der Waals surface area contributed by atoms with Gasteiger partial charge in [-0.3, -0.25) is 14.2 Å². The molecule has 0 aliphatic carbocycles. The van der Waals surface area contributed by atoms with E-state index in [2.05, 4.69) is 10.3 Å². The summed E-state index contributed by atoms with van der Waals surface area (Å²) in [6, 6.07) is 9.70. The van der Waals surface area contributed by atoms with Crippen molar-refractivity contribution in [1.29, 1.82) is 0 Å². The number of Topliss-reactive ketones (excluding diaryl/α,β-unsaturated/α-hetero) is 1. The van der Waals surface area contributed by atoms with Gasteiger partial charge in [-0.15, -0.1) is 0 Å². The van der Waals surface area contributed by atoms with Crippen molar-refractivity contribution in [2.75, 3.05) is 0 Å². The number of nitrogens with zero attached hydrogens (tertiary/aromatic N) is 2. The van der Waals surface area contributed by atoms with Crippen molar-refractivity contribution in [1.82, 2.24) is 14.9 Å². The van der Waals surface area contributed by atoms with Gasteiger partial charge in [-0.2, -0.15) is 0 Å². The lowest BCUT2D eigenvalue weighted by Gasteiger charge is -2.19. The highest BCUT2D eigenvalue weighted by atomic mass is 35.5. The Balaban J connectivity index is 1.98. The highest BCUT2D eigenvalue weighted by molar-refractivity contribution is 7.20. The number of thiazole rings is 1. The van der Waals surface area contributed by atoms with Crippen LogP contribution in [0.5, 0.6) is 11.6 Å². The Morgan fingerprint density at radius 2 is 1.86 bits per heavy atom. The second-order valence-corrected chi connectivity index (χ2v) is 10.0. The normalized spacial score (nSPS) is 12.3. The van der Waals surface area contributed by atoms with Crippen LogP contribution in [0.4, 0.5) is 4.39 Å². The van der Waals surface area contributed by atoms with Gasteiger partial charge in [-0.25, -0.2) is 9.37 Å². The highest BCUT2D eigenvalue weighted by Crippen LogP contribution is 2.45. The summed E-state index contributed by atoms with van der Waals surface area (Å²) in [6.07, 6.45) is 0.324. The molecule has 0 aliphatic heterocycles. The third-order valence-corrected chi connectivity index (χ3v) is 6.67. The standard InChI is InChI=1S/C25H23ClFN3O4S/c1-12(2)10-18(28-13(3)31)22(32)20-21(14-4-6-15(26)7-5-14)30(24(34)23(20)33)25-29-17-9-8-16(27)11-19(17)35-25/h4-9,11-12,18,33-34H,10H2,1-3H3,(H,28,31). The Hall–Kier alpha value is -3.43. The van der Waals surface area contributed by atoms with E-state index in [-0.39, 0.29) is 22.3 Å². The first kappa shape index (κ1) is 24.7. The molecule has 0 spiro atoms. The zero-order valence-corrected chi connectivity index (χ0v) is 20.7.